The summed E-state index contributed by atoms with van der Waals surface area (Å²) in [5, 5.41) is 10.8. The standard InChI is InChI=1S/C5H6Cl3NO2S/c6-3(7)4(8)9-2(1-12)5(10)11/h2,9,12H,1H2,(H,10,11)/t2-/m0/s1. The van der Waals surface area contributed by atoms with Crippen LogP contribution in [0.25, 0.3) is 0 Å². The molecule has 2 N–H and O–H groups in total. The fraction of sp³-hybridized carbons (Fsp3) is 0.400. The fourth-order valence-electron chi connectivity index (χ4n) is 0.393. The van der Waals surface area contributed by atoms with Gasteiger partial charge in [-0.05, 0) is 0 Å². The van der Waals surface area contributed by atoms with Crippen molar-refractivity contribution in [2.24, 2.45) is 0 Å². The van der Waals surface area contributed by atoms with Gasteiger partial charge in [-0.3, -0.25) is 0 Å². The predicted molar refractivity (Wildman–Crippen MR) is 53.0 cm³/mol. The number of carboxylic acids is 1. The third kappa shape index (κ3) is 4.30. The molecule has 0 aliphatic carbocycles. The van der Waals surface area contributed by atoms with Crippen molar-refractivity contribution in [3.63, 3.8) is 0 Å². The minimum absolute atomic E-state index is 0.0899. The number of carbonyl (C=O) groups is 1. The molecule has 0 aromatic rings. The summed E-state index contributed by atoms with van der Waals surface area (Å²) < 4.78 is -0.204. The molecule has 0 aromatic carbocycles. The van der Waals surface area contributed by atoms with Crippen LogP contribution in [0.15, 0.2) is 9.65 Å². The molecule has 0 spiro atoms. The Morgan fingerprint density at radius 2 is 2.00 bits per heavy atom. The lowest BCUT2D eigenvalue weighted by atomic mass is 10.3. The molecule has 0 fully saturated rings. The summed E-state index contributed by atoms with van der Waals surface area (Å²) in [6.45, 7) is 0. The molecule has 0 aliphatic rings. The Labute approximate surface area is 90.1 Å². The van der Waals surface area contributed by atoms with E-state index in [4.69, 9.17) is 39.9 Å². The van der Waals surface area contributed by atoms with Gasteiger partial charge in [0, 0.05) is 5.75 Å². The van der Waals surface area contributed by atoms with Gasteiger partial charge in [0.15, 0.2) is 0 Å². The van der Waals surface area contributed by atoms with Crippen molar-refractivity contribution in [1.82, 2.24) is 5.32 Å². The summed E-state index contributed by atoms with van der Waals surface area (Å²) in [5.41, 5.74) is 0. The second-order valence-electron chi connectivity index (χ2n) is 1.79. The summed E-state index contributed by atoms with van der Waals surface area (Å²) >= 11 is 19.8. The number of carboxylic acid groups (broad SMARTS) is 1. The monoisotopic (exact) mass is 249 g/mol. The molecule has 3 nitrogen and oxygen atoms in total. The van der Waals surface area contributed by atoms with Gasteiger partial charge < -0.3 is 10.4 Å². The highest BCUT2D eigenvalue weighted by Gasteiger charge is 2.16. The van der Waals surface area contributed by atoms with Crippen molar-refractivity contribution in [3.8, 4) is 0 Å². The van der Waals surface area contributed by atoms with Gasteiger partial charge in [-0.15, -0.1) is 0 Å². The molecular weight excluding hydrogens is 244 g/mol. The minimum Gasteiger partial charge on any atom is -0.480 e. The predicted octanol–water partition coefficient (Wildman–Crippen LogP) is 1.80. The van der Waals surface area contributed by atoms with E-state index >= 15 is 0 Å². The summed E-state index contributed by atoms with van der Waals surface area (Å²) in [4.78, 5) is 10.4. The third-order valence-corrected chi connectivity index (χ3v) is 2.18. The van der Waals surface area contributed by atoms with E-state index in [9.17, 15) is 4.79 Å². The van der Waals surface area contributed by atoms with Gasteiger partial charge in [0.05, 0.1) is 0 Å². The van der Waals surface area contributed by atoms with E-state index in [0.717, 1.165) is 0 Å². The molecule has 0 amide bonds. The van der Waals surface area contributed by atoms with E-state index < -0.39 is 12.0 Å². The molecule has 0 unspecified atom stereocenters. The maximum atomic E-state index is 10.4. The summed E-state index contributed by atoms with van der Waals surface area (Å²) in [5.74, 6) is -0.982. The molecule has 0 radical (unpaired) electrons. The average molecular weight is 251 g/mol. The molecule has 0 heterocycles. The molecule has 7 heteroatoms. The SMILES string of the molecule is O=C(O)[C@H](CS)NC(Cl)=C(Cl)Cl. The number of hydrogen-bond donors (Lipinski definition) is 3. The molecule has 0 rings (SSSR count). The quantitative estimate of drug-likeness (QED) is 0.527. The summed E-state index contributed by atoms with van der Waals surface area (Å²) in [6, 6.07) is -0.895. The van der Waals surface area contributed by atoms with Gasteiger partial charge in [-0.25, -0.2) is 4.79 Å². The first-order valence-corrected chi connectivity index (χ1v) is 4.56. The van der Waals surface area contributed by atoms with Crippen molar-refractivity contribution in [2.45, 2.75) is 6.04 Å². The zero-order chi connectivity index (χ0) is 9.72. The first-order valence-electron chi connectivity index (χ1n) is 2.80. The Kier molecular flexibility index (Phi) is 5.92. The molecular formula is C5H6Cl3NO2S. The first-order chi connectivity index (χ1) is 5.49. The highest BCUT2D eigenvalue weighted by atomic mass is 35.5. The highest BCUT2D eigenvalue weighted by Crippen LogP contribution is 2.15. The molecule has 0 saturated heterocycles. The maximum absolute atomic E-state index is 10.4. The zero-order valence-electron chi connectivity index (χ0n) is 5.72. The number of thiol groups is 1. The van der Waals surface area contributed by atoms with Gasteiger partial charge >= 0.3 is 5.97 Å². The van der Waals surface area contributed by atoms with Crippen LogP contribution in [0.4, 0.5) is 0 Å². The maximum Gasteiger partial charge on any atom is 0.327 e. The van der Waals surface area contributed by atoms with E-state index in [1.54, 1.807) is 0 Å². The lowest BCUT2D eigenvalue weighted by Gasteiger charge is -2.11. The normalized spacial score (nSPS) is 12.0. The van der Waals surface area contributed by atoms with Crippen LogP contribution >= 0.6 is 47.4 Å². The van der Waals surface area contributed by atoms with Gasteiger partial charge in [0.2, 0.25) is 0 Å². The molecule has 70 valence electrons. The van der Waals surface area contributed by atoms with Crippen molar-refractivity contribution in [1.29, 1.82) is 0 Å². The van der Waals surface area contributed by atoms with Crippen molar-refractivity contribution in [2.75, 3.05) is 5.75 Å². The van der Waals surface area contributed by atoms with Crippen LogP contribution < -0.4 is 5.32 Å². The Balaban J connectivity index is 4.22. The average Bonchev–Trinajstić information content (AvgIpc) is 1.98. The molecule has 0 saturated carbocycles. The van der Waals surface area contributed by atoms with Gasteiger partial charge in [0.25, 0.3) is 0 Å². The van der Waals surface area contributed by atoms with Gasteiger partial charge in [-0.2, -0.15) is 12.6 Å². The Morgan fingerprint density at radius 3 is 2.25 bits per heavy atom. The lowest BCUT2D eigenvalue weighted by molar-refractivity contribution is -0.138. The van der Waals surface area contributed by atoms with E-state index in [2.05, 4.69) is 17.9 Å². The van der Waals surface area contributed by atoms with Crippen LogP contribution in [0.1, 0.15) is 0 Å². The molecule has 0 aromatic heterocycles. The van der Waals surface area contributed by atoms with E-state index in [1.807, 2.05) is 0 Å². The van der Waals surface area contributed by atoms with Gasteiger partial charge in [-0.1, -0.05) is 34.8 Å². The second-order valence-corrected chi connectivity index (χ2v) is 3.48. The van der Waals surface area contributed by atoms with Crippen LogP contribution in [-0.4, -0.2) is 22.9 Å². The number of rotatable bonds is 4. The van der Waals surface area contributed by atoms with Crippen molar-refractivity contribution >= 4 is 53.4 Å². The minimum atomic E-state index is -1.07. The topological polar surface area (TPSA) is 49.3 Å². The summed E-state index contributed by atoms with van der Waals surface area (Å²) in [7, 11) is 0. The van der Waals surface area contributed by atoms with E-state index in [-0.39, 0.29) is 15.4 Å². The lowest BCUT2D eigenvalue weighted by Crippen LogP contribution is -2.36. The van der Waals surface area contributed by atoms with Crippen molar-refractivity contribution in [3.05, 3.63) is 9.65 Å². The Hall–Kier alpha value is 0.230. The fourth-order valence-corrected chi connectivity index (χ4v) is 0.881. The van der Waals surface area contributed by atoms with Gasteiger partial charge in [0.1, 0.15) is 15.7 Å². The number of aliphatic carboxylic acids is 1. The van der Waals surface area contributed by atoms with Crippen LogP contribution in [0.2, 0.25) is 0 Å². The van der Waals surface area contributed by atoms with Crippen LogP contribution in [0.3, 0.4) is 0 Å². The second kappa shape index (κ2) is 5.80. The zero-order valence-corrected chi connectivity index (χ0v) is 8.88. The largest absolute Gasteiger partial charge is 0.480 e. The van der Waals surface area contributed by atoms with Crippen LogP contribution in [-0.2, 0) is 4.79 Å². The molecule has 0 bridgehead atoms. The Bertz CT molecular complexity index is 205. The number of hydrogen-bond acceptors (Lipinski definition) is 3. The van der Waals surface area contributed by atoms with Crippen LogP contribution in [0, 0.1) is 0 Å². The highest BCUT2D eigenvalue weighted by molar-refractivity contribution is 7.80. The van der Waals surface area contributed by atoms with E-state index in [1.165, 1.54) is 0 Å². The molecule has 1 atom stereocenters. The number of halogens is 3. The molecule has 12 heavy (non-hydrogen) atoms. The van der Waals surface area contributed by atoms with Crippen molar-refractivity contribution < 1.29 is 9.90 Å². The third-order valence-electron chi connectivity index (χ3n) is 0.948. The smallest absolute Gasteiger partial charge is 0.327 e. The Morgan fingerprint density at radius 1 is 1.50 bits per heavy atom. The first kappa shape index (κ1) is 12.2. The number of nitrogens with one attached hydrogen (secondary N) is 1. The molecule has 0 aliphatic heterocycles. The summed E-state index contributed by atoms with van der Waals surface area (Å²) in [6.07, 6.45) is 0. The van der Waals surface area contributed by atoms with Crippen LogP contribution in [0.5, 0.6) is 0 Å². The van der Waals surface area contributed by atoms with E-state index in [0.29, 0.717) is 0 Å².